The summed E-state index contributed by atoms with van der Waals surface area (Å²) in [6.07, 6.45) is 10.3. The van der Waals surface area contributed by atoms with Gasteiger partial charge in [-0.15, -0.1) is 0 Å². The van der Waals surface area contributed by atoms with Crippen LogP contribution in [0.4, 0.5) is 28.4 Å². The second-order valence-corrected chi connectivity index (χ2v) is 14.6. The molecule has 0 amide bonds. The summed E-state index contributed by atoms with van der Waals surface area (Å²) in [4.78, 5) is 4.90. The van der Waals surface area contributed by atoms with Crippen LogP contribution < -0.4 is 9.80 Å². The molecule has 2 heteroatoms. The molecule has 0 saturated carbocycles. The summed E-state index contributed by atoms with van der Waals surface area (Å²) in [7, 11) is 0. The van der Waals surface area contributed by atoms with E-state index >= 15 is 0 Å². The molecule has 0 fully saturated rings. The molecule has 6 rings (SSSR count). The first-order valence-corrected chi connectivity index (χ1v) is 19.3. The lowest BCUT2D eigenvalue weighted by molar-refractivity contribution is 0.639. The van der Waals surface area contributed by atoms with Gasteiger partial charge in [0, 0.05) is 40.1 Å². The highest BCUT2D eigenvalue weighted by molar-refractivity contribution is 5.81. The van der Waals surface area contributed by atoms with Crippen molar-refractivity contribution in [1.82, 2.24) is 0 Å². The van der Waals surface area contributed by atoms with Crippen LogP contribution in [-0.2, 0) is 19.3 Å². The van der Waals surface area contributed by atoms with E-state index in [-0.39, 0.29) is 0 Å². The van der Waals surface area contributed by atoms with Crippen LogP contribution in [0.5, 0.6) is 0 Å². The minimum atomic E-state index is 0.440. The van der Waals surface area contributed by atoms with Gasteiger partial charge in [0.15, 0.2) is 0 Å². The van der Waals surface area contributed by atoms with E-state index in [9.17, 15) is 0 Å². The molecule has 0 saturated heterocycles. The Balaban J connectivity index is 1.33. The molecule has 0 bridgehead atoms. The molecule has 2 nitrogen and oxygen atoms in total. The van der Waals surface area contributed by atoms with Crippen LogP contribution >= 0.6 is 0 Å². The summed E-state index contributed by atoms with van der Waals surface area (Å²) in [6, 6.07) is 43.5. The van der Waals surface area contributed by atoms with Crippen LogP contribution in [-0.4, -0.2) is 0 Å². The van der Waals surface area contributed by atoms with Crippen LogP contribution in [0, 0.1) is 12.8 Å². The van der Waals surface area contributed by atoms with Crippen LogP contribution in [0.2, 0.25) is 0 Å². The molecule has 262 valence electrons. The molecule has 5 aromatic carbocycles. The summed E-state index contributed by atoms with van der Waals surface area (Å²) < 4.78 is 0. The zero-order chi connectivity index (χ0) is 35.9. The molecule has 0 aromatic heterocycles. The lowest BCUT2D eigenvalue weighted by Crippen LogP contribution is -2.24. The summed E-state index contributed by atoms with van der Waals surface area (Å²) in [6.45, 7) is 15.9. The number of hydrogen-bond acceptors (Lipinski definition) is 2. The van der Waals surface area contributed by atoms with Gasteiger partial charge in [-0.25, -0.2) is 0 Å². The maximum atomic E-state index is 2.48. The van der Waals surface area contributed by atoms with Crippen molar-refractivity contribution in [1.29, 1.82) is 0 Å². The number of allylic oxidation sites excluding steroid dienone is 4. The van der Waals surface area contributed by atoms with Crippen LogP contribution in [0.25, 0.3) is 11.1 Å². The first-order chi connectivity index (χ1) is 24.8. The quantitative estimate of drug-likeness (QED) is 0.123. The van der Waals surface area contributed by atoms with Crippen molar-refractivity contribution in [3.63, 3.8) is 0 Å². The Kier molecular flexibility index (Phi) is 11.6. The minimum Gasteiger partial charge on any atom is -0.314 e. The van der Waals surface area contributed by atoms with Crippen LogP contribution in [0.15, 0.2) is 138 Å². The highest BCUT2D eigenvalue weighted by Crippen LogP contribution is 2.41. The zero-order valence-electron chi connectivity index (χ0n) is 32.0. The van der Waals surface area contributed by atoms with E-state index in [1.165, 1.54) is 91.5 Å². The second-order valence-electron chi connectivity index (χ2n) is 14.6. The summed E-state index contributed by atoms with van der Waals surface area (Å²) in [5, 5.41) is 0. The van der Waals surface area contributed by atoms with Crippen molar-refractivity contribution in [3.05, 3.63) is 160 Å². The fourth-order valence-electron chi connectivity index (χ4n) is 7.81. The Morgan fingerprint density at radius 1 is 0.549 bits per heavy atom. The first-order valence-electron chi connectivity index (χ1n) is 19.3. The van der Waals surface area contributed by atoms with Gasteiger partial charge in [-0.2, -0.15) is 0 Å². The molecule has 1 aliphatic rings. The van der Waals surface area contributed by atoms with E-state index in [0.29, 0.717) is 5.92 Å². The molecule has 0 N–H and O–H groups in total. The molecule has 51 heavy (non-hydrogen) atoms. The topological polar surface area (TPSA) is 6.48 Å². The van der Waals surface area contributed by atoms with E-state index in [2.05, 4.69) is 180 Å². The van der Waals surface area contributed by atoms with E-state index in [1.807, 2.05) is 0 Å². The summed E-state index contributed by atoms with van der Waals surface area (Å²) in [5.41, 5.74) is 18.1. The number of hydrogen-bond donors (Lipinski definition) is 0. The van der Waals surface area contributed by atoms with E-state index in [0.717, 1.165) is 32.1 Å². The Morgan fingerprint density at radius 2 is 1.06 bits per heavy atom. The van der Waals surface area contributed by atoms with E-state index in [4.69, 9.17) is 0 Å². The number of rotatable bonds is 13. The maximum Gasteiger partial charge on any atom is 0.0490 e. The predicted molar refractivity (Wildman–Crippen MR) is 222 cm³/mol. The fraction of sp³-hybridized carbons (Fsp3) is 0.306. The van der Waals surface area contributed by atoms with Crippen LogP contribution in [0.3, 0.4) is 0 Å². The summed E-state index contributed by atoms with van der Waals surface area (Å²) in [5.74, 6) is 0.440. The number of benzene rings is 5. The molecular formula is C49H56N2. The van der Waals surface area contributed by atoms with Gasteiger partial charge in [-0.1, -0.05) is 113 Å². The molecule has 1 aliphatic carbocycles. The number of nitrogens with zero attached hydrogens (tertiary/aromatic N) is 2. The van der Waals surface area contributed by atoms with Crippen molar-refractivity contribution in [3.8, 4) is 11.1 Å². The van der Waals surface area contributed by atoms with E-state index in [1.54, 1.807) is 0 Å². The van der Waals surface area contributed by atoms with Gasteiger partial charge in [0.25, 0.3) is 0 Å². The highest BCUT2D eigenvalue weighted by Gasteiger charge is 2.25. The number of aryl methyl sites for hydroxylation is 4. The molecule has 1 atom stereocenters. The number of anilines is 5. The van der Waals surface area contributed by atoms with Crippen molar-refractivity contribution in [2.75, 3.05) is 9.80 Å². The Hall–Kier alpha value is -4.82. The van der Waals surface area contributed by atoms with Gasteiger partial charge in [0.05, 0.1) is 0 Å². The van der Waals surface area contributed by atoms with Gasteiger partial charge in [-0.05, 0) is 146 Å². The predicted octanol–water partition coefficient (Wildman–Crippen LogP) is 14.4. The molecule has 0 aliphatic heterocycles. The average molecular weight is 673 g/mol. The standard InChI is InChI=1S/C49H56N2/c1-8-11-13-41-18-31-48(36(5)34-41)50(44-25-16-40(12-9-2)17-26-44)45-27-19-42(20-28-45)43-21-29-47(30-22-43)51(46-23-14-39(10-3)15-24-46)49-37(6)32-35(4)33-38(49)7/h14-32,34,38H,8-13,33H2,1-7H3. The Labute approximate surface area is 308 Å². The second kappa shape index (κ2) is 16.5. The minimum absolute atomic E-state index is 0.440. The molecule has 0 spiro atoms. The molecule has 5 aromatic rings. The smallest absolute Gasteiger partial charge is 0.0490 e. The van der Waals surface area contributed by atoms with Gasteiger partial charge in [-0.3, -0.25) is 0 Å². The third kappa shape index (κ3) is 8.23. The maximum absolute atomic E-state index is 2.48. The molecular weight excluding hydrogens is 617 g/mol. The SMILES string of the molecule is CCCCc1ccc(N(c2ccc(CCC)cc2)c2ccc(-c3ccc(N(C4=C(C)C=C(C)CC4C)c4ccc(CC)cc4)cc3)cc2)c(C)c1. The van der Waals surface area contributed by atoms with Crippen molar-refractivity contribution in [2.45, 2.75) is 93.4 Å². The van der Waals surface area contributed by atoms with Crippen molar-refractivity contribution < 1.29 is 0 Å². The molecule has 0 radical (unpaired) electrons. The molecule has 0 heterocycles. The Morgan fingerprint density at radius 3 is 1.55 bits per heavy atom. The third-order valence-electron chi connectivity index (χ3n) is 10.4. The fourth-order valence-corrected chi connectivity index (χ4v) is 7.81. The largest absolute Gasteiger partial charge is 0.314 e. The van der Waals surface area contributed by atoms with Gasteiger partial charge >= 0.3 is 0 Å². The molecule has 1 unspecified atom stereocenters. The zero-order valence-corrected chi connectivity index (χ0v) is 32.0. The normalized spacial score (nSPS) is 14.4. The van der Waals surface area contributed by atoms with E-state index < -0.39 is 0 Å². The van der Waals surface area contributed by atoms with Crippen molar-refractivity contribution in [2.24, 2.45) is 5.92 Å². The van der Waals surface area contributed by atoms with Gasteiger partial charge in [0.2, 0.25) is 0 Å². The highest BCUT2D eigenvalue weighted by atomic mass is 15.2. The number of unbranched alkanes of at least 4 members (excludes halogenated alkanes) is 1. The monoisotopic (exact) mass is 672 g/mol. The van der Waals surface area contributed by atoms with Gasteiger partial charge in [0.1, 0.15) is 0 Å². The lowest BCUT2D eigenvalue weighted by atomic mass is 9.88. The lowest BCUT2D eigenvalue weighted by Gasteiger charge is -2.35. The average Bonchev–Trinajstić information content (AvgIpc) is 3.14. The van der Waals surface area contributed by atoms with Gasteiger partial charge < -0.3 is 9.80 Å². The Bertz CT molecular complexity index is 1960. The van der Waals surface area contributed by atoms with Crippen molar-refractivity contribution >= 4 is 28.4 Å². The first kappa shape index (κ1) is 36.0. The van der Waals surface area contributed by atoms with Crippen LogP contribution in [0.1, 0.15) is 89.5 Å². The third-order valence-corrected chi connectivity index (χ3v) is 10.4. The summed E-state index contributed by atoms with van der Waals surface area (Å²) >= 11 is 0.